The number of carbonyl (C=O) groups is 1. The Morgan fingerprint density at radius 2 is 2.12 bits per heavy atom. The van der Waals surface area contributed by atoms with Gasteiger partial charge in [-0.2, -0.15) is 0 Å². The fourth-order valence-corrected chi connectivity index (χ4v) is 3.45. The number of amides is 1. The Morgan fingerprint density at radius 1 is 1.38 bits per heavy atom. The average Bonchev–Trinajstić information content (AvgIpc) is 3.28. The molecule has 0 N–H and O–H groups in total. The van der Waals surface area contributed by atoms with Gasteiger partial charge in [0.05, 0.1) is 6.10 Å². The molecule has 0 saturated carbocycles. The van der Waals surface area contributed by atoms with Gasteiger partial charge in [-0.1, -0.05) is 37.3 Å². The van der Waals surface area contributed by atoms with Crippen LogP contribution in [-0.2, 0) is 9.53 Å². The van der Waals surface area contributed by atoms with E-state index >= 15 is 0 Å². The number of hydrogen-bond donors (Lipinski definition) is 0. The Morgan fingerprint density at radius 3 is 2.69 bits per heavy atom. The van der Waals surface area contributed by atoms with Gasteiger partial charge in [-0.05, 0) is 19.2 Å². The molecule has 1 aliphatic rings. The molecule has 0 spiro atoms. The van der Waals surface area contributed by atoms with Crippen LogP contribution < -0.4 is 0 Å². The summed E-state index contributed by atoms with van der Waals surface area (Å²) in [6.45, 7) is 5.08. The number of likely N-dealkylation sites (N-methyl/N-ethyl adjacent to an activating group) is 1. The van der Waals surface area contributed by atoms with E-state index in [1.165, 1.54) is 0 Å². The first-order chi connectivity index (χ1) is 12.5. The maximum Gasteiger partial charge on any atom is 0.245 e. The van der Waals surface area contributed by atoms with E-state index in [4.69, 9.17) is 9.15 Å². The molecule has 0 radical (unpaired) electrons. The number of rotatable bonds is 6. The fourth-order valence-electron chi connectivity index (χ4n) is 3.45. The zero-order valence-electron chi connectivity index (χ0n) is 15.8. The first kappa shape index (κ1) is 18.5. The van der Waals surface area contributed by atoms with E-state index in [1.54, 1.807) is 14.0 Å². The van der Waals surface area contributed by atoms with Crippen LogP contribution in [-0.4, -0.2) is 59.3 Å². The summed E-state index contributed by atoms with van der Waals surface area (Å²) in [7, 11) is 3.63. The van der Waals surface area contributed by atoms with Crippen LogP contribution >= 0.6 is 0 Å². The molecule has 7 nitrogen and oxygen atoms in total. The minimum absolute atomic E-state index is 0.0287. The first-order valence-electron chi connectivity index (χ1n) is 8.93. The summed E-state index contributed by atoms with van der Waals surface area (Å²) >= 11 is 0. The number of nitrogens with zero attached hydrogens (tertiary/aromatic N) is 4. The number of benzene rings is 1. The minimum atomic E-state index is -0.358. The van der Waals surface area contributed by atoms with Crippen LogP contribution in [0.5, 0.6) is 0 Å². The largest absolute Gasteiger partial charge is 0.423 e. The number of aromatic nitrogens is 2. The highest BCUT2D eigenvalue weighted by atomic mass is 16.5. The molecule has 1 unspecified atom stereocenters. The van der Waals surface area contributed by atoms with E-state index in [0.29, 0.717) is 24.7 Å². The molecule has 2 heterocycles. The van der Waals surface area contributed by atoms with Crippen molar-refractivity contribution in [2.45, 2.75) is 38.5 Å². The Labute approximate surface area is 153 Å². The van der Waals surface area contributed by atoms with Crippen molar-refractivity contribution in [2.24, 2.45) is 0 Å². The normalized spacial score (nSPS) is 21.3. The monoisotopic (exact) mass is 358 g/mol. The van der Waals surface area contributed by atoms with Gasteiger partial charge in [0.1, 0.15) is 12.1 Å². The molecular weight excluding hydrogens is 332 g/mol. The molecule has 1 aromatic heterocycles. The SMILES string of the molecule is CCN(C)C(C(=O)N1C[C@@H](OC)C[C@@H]1c1nnc(C)o1)c1ccccc1. The number of ether oxygens (including phenoxy) is 1. The highest BCUT2D eigenvalue weighted by Gasteiger charge is 2.42. The molecule has 1 fully saturated rings. The topological polar surface area (TPSA) is 71.7 Å². The third-order valence-corrected chi connectivity index (χ3v) is 4.99. The van der Waals surface area contributed by atoms with Crippen molar-refractivity contribution < 1.29 is 13.9 Å². The molecule has 0 bridgehead atoms. The van der Waals surface area contributed by atoms with Crippen LogP contribution in [0.2, 0.25) is 0 Å². The van der Waals surface area contributed by atoms with E-state index in [2.05, 4.69) is 10.2 Å². The van der Waals surface area contributed by atoms with Crippen LogP contribution in [0, 0.1) is 6.92 Å². The van der Waals surface area contributed by atoms with E-state index < -0.39 is 0 Å². The Balaban J connectivity index is 1.93. The lowest BCUT2D eigenvalue weighted by atomic mass is 10.0. The van der Waals surface area contributed by atoms with Gasteiger partial charge in [-0.15, -0.1) is 10.2 Å². The molecule has 2 aromatic rings. The summed E-state index contributed by atoms with van der Waals surface area (Å²) < 4.78 is 11.2. The zero-order valence-corrected chi connectivity index (χ0v) is 15.8. The second kappa shape index (κ2) is 7.97. The summed E-state index contributed by atoms with van der Waals surface area (Å²) in [5.41, 5.74) is 0.975. The maximum absolute atomic E-state index is 13.5. The highest BCUT2D eigenvalue weighted by molar-refractivity contribution is 5.84. The summed E-state index contributed by atoms with van der Waals surface area (Å²) in [5, 5.41) is 8.07. The molecule has 3 rings (SSSR count). The van der Waals surface area contributed by atoms with Gasteiger partial charge in [0, 0.05) is 27.0 Å². The third-order valence-electron chi connectivity index (χ3n) is 4.99. The lowest BCUT2D eigenvalue weighted by Gasteiger charge is -2.32. The summed E-state index contributed by atoms with van der Waals surface area (Å²) in [6, 6.07) is 9.24. The van der Waals surface area contributed by atoms with Gasteiger partial charge in [0.2, 0.25) is 17.7 Å². The summed E-state index contributed by atoms with van der Waals surface area (Å²) in [4.78, 5) is 17.4. The standard InChI is InChI=1S/C19H26N4O3/c1-5-22(3)17(14-9-7-6-8-10-14)19(24)23-12-15(25-4)11-16(23)18-21-20-13(2)26-18/h6-10,15-17H,5,11-12H2,1-4H3/t15-,16+,17?/m0/s1. The second-order valence-corrected chi connectivity index (χ2v) is 6.65. The molecule has 0 aliphatic carbocycles. The first-order valence-corrected chi connectivity index (χ1v) is 8.93. The van der Waals surface area contributed by atoms with E-state index in [1.807, 2.05) is 54.1 Å². The van der Waals surface area contributed by atoms with E-state index in [-0.39, 0.29) is 24.1 Å². The quantitative estimate of drug-likeness (QED) is 0.789. The number of hydrogen-bond acceptors (Lipinski definition) is 6. The molecule has 140 valence electrons. The van der Waals surface area contributed by atoms with Crippen LogP contribution in [0.15, 0.2) is 34.7 Å². The highest BCUT2D eigenvalue weighted by Crippen LogP contribution is 2.36. The lowest BCUT2D eigenvalue weighted by Crippen LogP contribution is -2.42. The molecule has 7 heteroatoms. The number of likely N-dealkylation sites (tertiary alicyclic amines) is 1. The van der Waals surface area contributed by atoms with Gasteiger partial charge < -0.3 is 14.1 Å². The van der Waals surface area contributed by atoms with Crippen LogP contribution in [0.25, 0.3) is 0 Å². The van der Waals surface area contributed by atoms with Crippen molar-refractivity contribution in [1.29, 1.82) is 0 Å². The van der Waals surface area contributed by atoms with Crippen molar-refractivity contribution in [2.75, 3.05) is 27.2 Å². The van der Waals surface area contributed by atoms with Crippen LogP contribution in [0.4, 0.5) is 0 Å². The van der Waals surface area contributed by atoms with Crippen LogP contribution in [0.3, 0.4) is 0 Å². The zero-order chi connectivity index (χ0) is 18.7. The Kier molecular flexibility index (Phi) is 5.68. The lowest BCUT2D eigenvalue weighted by molar-refractivity contribution is -0.138. The van der Waals surface area contributed by atoms with Crippen molar-refractivity contribution in [3.8, 4) is 0 Å². The van der Waals surface area contributed by atoms with Crippen molar-refractivity contribution in [1.82, 2.24) is 20.0 Å². The Hall–Kier alpha value is -2.25. The molecule has 26 heavy (non-hydrogen) atoms. The molecule has 1 aromatic carbocycles. The Bertz CT molecular complexity index is 733. The average molecular weight is 358 g/mol. The molecule has 3 atom stereocenters. The van der Waals surface area contributed by atoms with Crippen molar-refractivity contribution in [3.05, 3.63) is 47.7 Å². The van der Waals surface area contributed by atoms with Gasteiger partial charge in [0.25, 0.3) is 0 Å². The van der Waals surface area contributed by atoms with Gasteiger partial charge >= 0.3 is 0 Å². The smallest absolute Gasteiger partial charge is 0.245 e. The van der Waals surface area contributed by atoms with E-state index in [9.17, 15) is 4.79 Å². The van der Waals surface area contributed by atoms with Crippen molar-refractivity contribution >= 4 is 5.91 Å². The third kappa shape index (κ3) is 3.64. The molecule has 1 aliphatic heterocycles. The van der Waals surface area contributed by atoms with Crippen LogP contribution in [0.1, 0.15) is 42.8 Å². The molecule has 1 amide bonds. The molecular formula is C19H26N4O3. The van der Waals surface area contributed by atoms with E-state index in [0.717, 1.165) is 12.1 Å². The number of aryl methyl sites for hydroxylation is 1. The van der Waals surface area contributed by atoms with Gasteiger partial charge in [-0.25, -0.2) is 0 Å². The predicted octanol–water partition coefficient (Wildman–Crippen LogP) is 2.36. The minimum Gasteiger partial charge on any atom is -0.423 e. The summed E-state index contributed by atoms with van der Waals surface area (Å²) in [6.07, 6.45) is 0.612. The predicted molar refractivity (Wildman–Crippen MR) is 96.4 cm³/mol. The number of methoxy groups -OCH3 is 1. The summed E-state index contributed by atoms with van der Waals surface area (Å²) in [5.74, 6) is 1.00. The number of carbonyl (C=O) groups excluding carboxylic acids is 1. The fraction of sp³-hybridized carbons (Fsp3) is 0.526. The second-order valence-electron chi connectivity index (χ2n) is 6.65. The van der Waals surface area contributed by atoms with Gasteiger partial charge in [0.15, 0.2) is 0 Å². The van der Waals surface area contributed by atoms with Gasteiger partial charge in [-0.3, -0.25) is 9.69 Å². The molecule has 1 saturated heterocycles. The van der Waals surface area contributed by atoms with Crippen molar-refractivity contribution in [3.63, 3.8) is 0 Å². The maximum atomic E-state index is 13.5.